The highest BCUT2D eigenvalue weighted by Crippen LogP contribution is 2.24. The van der Waals surface area contributed by atoms with Crippen molar-refractivity contribution in [3.63, 3.8) is 0 Å². The molecule has 2 aromatic carbocycles. The zero-order chi connectivity index (χ0) is 19.1. The molecule has 0 saturated carbocycles. The number of carbonyl (C=O) groups excluding carboxylic acids is 1. The van der Waals surface area contributed by atoms with Gasteiger partial charge in [0.15, 0.2) is 0 Å². The summed E-state index contributed by atoms with van der Waals surface area (Å²) in [5, 5.41) is 12.9. The Bertz CT molecular complexity index is 719. The van der Waals surface area contributed by atoms with Gasteiger partial charge >= 0.3 is 0 Å². The van der Waals surface area contributed by atoms with E-state index in [0.717, 1.165) is 12.0 Å². The quantitative estimate of drug-likeness (QED) is 0.738. The number of hydrogen-bond donors (Lipinski definition) is 2. The van der Waals surface area contributed by atoms with Gasteiger partial charge < -0.3 is 15.3 Å². The van der Waals surface area contributed by atoms with Crippen LogP contribution in [0.3, 0.4) is 0 Å². The number of aromatic hydroxyl groups is 1. The molecule has 140 valence electrons. The standard InChI is InChI=1S/C21H27ClN2O2/c1-15(17-7-5-4-6-8-17)11-21(26)23-14-18(24(2)3)12-16-9-10-20(25)19(22)13-16/h4-10,13,15,18,25H,11-12,14H2,1-3H3,(H,23,26). The van der Waals surface area contributed by atoms with Gasteiger partial charge in [-0.3, -0.25) is 4.79 Å². The fourth-order valence-electron chi connectivity index (χ4n) is 2.87. The average Bonchev–Trinajstić information content (AvgIpc) is 2.62. The van der Waals surface area contributed by atoms with E-state index in [1.807, 2.05) is 38.4 Å². The molecule has 0 saturated heterocycles. The van der Waals surface area contributed by atoms with Crippen LogP contribution in [0.5, 0.6) is 5.75 Å². The fraction of sp³-hybridized carbons (Fsp3) is 0.381. The van der Waals surface area contributed by atoms with Crippen molar-refractivity contribution in [2.75, 3.05) is 20.6 Å². The molecule has 1 amide bonds. The molecule has 5 heteroatoms. The van der Waals surface area contributed by atoms with Gasteiger partial charge in [-0.05, 0) is 49.7 Å². The van der Waals surface area contributed by atoms with Gasteiger partial charge in [0.05, 0.1) is 5.02 Å². The van der Waals surface area contributed by atoms with Crippen LogP contribution in [0.2, 0.25) is 5.02 Å². The zero-order valence-electron chi connectivity index (χ0n) is 15.6. The number of phenolic OH excluding ortho intramolecular Hbond substituents is 1. The first-order chi connectivity index (χ1) is 12.4. The van der Waals surface area contributed by atoms with Crippen molar-refractivity contribution in [3.8, 4) is 5.75 Å². The minimum Gasteiger partial charge on any atom is -0.506 e. The Morgan fingerprint density at radius 2 is 1.88 bits per heavy atom. The highest BCUT2D eigenvalue weighted by molar-refractivity contribution is 6.32. The molecule has 0 heterocycles. The largest absolute Gasteiger partial charge is 0.506 e. The smallest absolute Gasteiger partial charge is 0.220 e. The summed E-state index contributed by atoms with van der Waals surface area (Å²) in [7, 11) is 3.98. The summed E-state index contributed by atoms with van der Waals surface area (Å²) in [5.41, 5.74) is 2.20. The van der Waals surface area contributed by atoms with Crippen LogP contribution in [-0.4, -0.2) is 42.6 Å². The molecule has 0 aromatic heterocycles. The Morgan fingerprint density at radius 1 is 1.19 bits per heavy atom. The predicted molar refractivity (Wildman–Crippen MR) is 107 cm³/mol. The van der Waals surface area contributed by atoms with Gasteiger partial charge in [-0.25, -0.2) is 0 Å². The zero-order valence-corrected chi connectivity index (χ0v) is 16.3. The first-order valence-electron chi connectivity index (χ1n) is 8.82. The SMILES string of the molecule is CC(CC(=O)NCC(Cc1ccc(O)c(Cl)c1)N(C)C)c1ccccc1. The van der Waals surface area contributed by atoms with Crippen molar-refractivity contribution < 1.29 is 9.90 Å². The van der Waals surface area contributed by atoms with Gasteiger partial charge in [0.1, 0.15) is 5.75 Å². The molecule has 0 fully saturated rings. The summed E-state index contributed by atoms with van der Waals surface area (Å²) in [6, 6.07) is 15.4. The highest BCUT2D eigenvalue weighted by Gasteiger charge is 2.16. The number of amides is 1. The van der Waals surface area contributed by atoms with E-state index in [9.17, 15) is 9.90 Å². The van der Waals surface area contributed by atoms with Gasteiger partial charge in [-0.2, -0.15) is 0 Å². The molecule has 2 unspecified atom stereocenters. The monoisotopic (exact) mass is 374 g/mol. The molecule has 26 heavy (non-hydrogen) atoms. The van der Waals surface area contributed by atoms with E-state index < -0.39 is 0 Å². The van der Waals surface area contributed by atoms with Crippen LogP contribution in [0.15, 0.2) is 48.5 Å². The third kappa shape index (κ3) is 6.04. The number of phenols is 1. The van der Waals surface area contributed by atoms with Crippen molar-refractivity contribution in [2.45, 2.75) is 31.7 Å². The summed E-state index contributed by atoms with van der Waals surface area (Å²) >= 11 is 5.99. The molecule has 2 aromatic rings. The third-order valence-corrected chi connectivity index (χ3v) is 4.91. The van der Waals surface area contributed by atoms with Crippen LogP contribution in [0.1, 0.15) is 30.4 Å². The van der Waals surface area contributed by atoms with Crippen molar-refractivity contribution in [1.29, 1.82) is 0 Å². The second kappa shape index (κ2) is 9.60. The molecular weight excluding hydrogens is 348 g/mol. The minimum atomic E-state index is 0.0527. The number of benzene rings is 2. The number of hydrogen-bond acceptors (Lipinski definition) is 3. The average molecular weight is 375 g/mol. The predicted octanol–water partition coefficient (Wildman–Crippen LogP) is 3.83. The van der Waals surface area contributed by atoms with Crippen molar-refractivity contribution in [1.82, 2.24) is 10.2 Å². The second-order valence-electron chi connectivity index (χ2n) is 6.93. The van der Waals surface area contributed by atoms with Crippen LogP contribution >= 0.6 is 11.6 Å². The van der Waals surface area contributed by atoms with E-state index in [4.69, 9.17) is 11.6 Å². The van der Waals surface area contributed by atoms with Gasteiger partial charge in [-0.1, -0.05) is 54.9 Å². The fourth-order valence-corrected chi connectivity index (χ4v) is 3.07. The number of rotatable bonds is 8. The normalized spacial score (nSPS) is 13.4. The van der Waals surface area contributed by atoms with E-state index in [1.54, 1.807) is 12.1 Å². The lowest BCUT2D eigenvalue weighted by molar-refractivity contribution is -0.121. The molecular formula is C21H27ClN2O2. The summed E-state index contributed by atoms with van der Waals surface area (Å²) in [5.74, 6) is 0.321. The molecule has 2 atom stereocenters. The number of nitrogens with zero attached hydrogens (tertiary/aromatic N) is 1. The maximum atomic E-state index is 12.3. The second-order valence-corrected chi connectivity index (χ2v) is 7.33. The number of likely N-dealkylation sites (N-methyl/N-ethyl adjacent to an activating group) is 1. The number of halogens is 1. The lowest BCUT2D eigenvalue weighted by atomic mass is 9.97. The first-order valence-corrected chi connectivity index (χ1v) is 9.20. The molecule has 0 aliphatic carbocycles. The van der Waals surface area contributed by atoms with Crippen LogP contribution in [0.25, 0.3) is 0 Å². The van der Waals surface area contributed by atoms with Crippen molar-refractivity contribution in [3.05, 3.63) is 64.7 Å². The van der Waals surface area contributed by atoms with E-state index in [2.05, 4.69) is 29.3 Å². The van der Waals surface area contributed by atoms with E-state index in [-0.39, 0.29) is 23.6 Å². The Morgan fingerprint density at radius 3 is 2.50 bits per heavy atom. The van der Waals surface area contributed by atoms with Crippen LogP contribution in [0.4, 0.5) is 0 Å². The first kappa shape index (κ1) is 20.3. The third-order valence-electron chi connectivity index (χ3n) is 4.61. The maximum absolute atomic E-state index is 12.3. The minimum absolute atomic E-state index is 0.0527. The summed E-state index contributed by atoms with van der Waals surface area (Å²) in [4.78, 5) is 14.4. The van der Waals surface area contributed by atoms with Gasteiger partial charge in [0.25, 0.3) is 0 Å². The van der Waals surface area contributed by atoms with E-state index in [0.29, 0.717) is 18.0 Å². The lowest BCUT2D eigenvalue weighted by Gasteiger charge is -2.25. The Balaban J connectivity index is 1.89. The number of carbonyl (C=O) groups is 1. The number of nitrogens with one attached hydrogen (secondary N) is 1. The molecule has 2 N–H and O–H groups in total. The lowest BCUT2D eigenvalue weighted by Crippen LogP contribution is -2.41. The highest BCUT2D eigenvalue weighted by atomic mass is 35.5. The van der Waals surface area contributed by atoms with Gasteiger partial charge in [0.2, 0.25) is 5.91 Å². The molecule has 0 radical (unpaired) electrons. The van der Waals surface area contributed by atoms with Crippen LogP contribution in [-0.2, 0) is 11.2 Å². The Labute approximate surface area is 160 Å². The molecule has 4 nitrogen and oxygen atoms in total. The summed E-state index contributed by atoms with van der Waals surface area (Å²) in [6.07, 6.45) is 1.21. The van der Waals surface area contributed by atoms with Crippen molar-refractivity contribution in [2.24, 2.45) is 0 Å². The van der Waals surface area contributed by atoms with E-state index >= 15 is 0 Å². The molecule has 0 aliphatic heterocycles. The molecule has 0 bridgehead atoms. The molecule has 0 aliphatic rings. The van der Waals surface area contributed by atoms with E-state index in [1.165, 1.54) is 5.56 Å². The van der Waals surface area contributed by atoms with Crippen LogP contribution < -0.4 is 5.32 Å². The topological polar surface area (TPSA) is 52.6 Å². The molecule has 2 rings (SSSR count). The van der Waals surface area contributed by atoms with Gasteiger partial charge in [0, 0.05) is 19.0 Å². The Hall–Kier alpha value is -2.04. The summed E-state index contributed by atoms with van der Waals surface area (Å²) < 4.78 is 0. The molecule has 0 spiro atoms. The van der Waals surface area contributed by atoms with Gasteiger partial charge in [-0.15, -0.1) is 0 Å². The maximum Gasteiger partial charge on any atom is 0.220 e. The Kier molecular flexibility index (Phi) is 7.49. The van der Waals surface area contributed by atoms with Crippen LogP contribution in [0, 0.1) is 0 Å². The summed E-state index contributed by atoms with van der Waals surface area (Å²) in [6.45, 7) is 2.63. The van der Waals surface area contributed by atoms with Crippen molar-refractivity contribution >= 4 is 17.5 Å².